The first kappa shape index (κ1) is 68.0. The minimum absolute atomic E-state index is 0.108. The van der Waals surface area contributed by atoms with Gasteiger partial charge in [-0.05, 0) is 57.9 Å². The lowest BCUT2D eigenvalue weighted by Gasteiger charge is -2.18. The molecule has 0 atom stereocenters. The summed E-state index contributed by atoms with van der Waals surface area (Å²) in [7, 11) is 1.54. The number of ether oxygens (including phenoxy) is 6. The highest BCUT2D eigenvalue weighted by atomic mass is 16.6. The summed E-state index contributed by atoms with van der Waals surface area (Å²) in [6.45, 7) is 8.60. The number of unbranched alkanes of at least 4 members (excludes halogenated alkanes) is 32. The fourth-order valence-corrected chi connectivity index (χ4v) is 10.0. The van der Waals surface area contributed by atoms with Gasteiger partial charge in [-0.2, -0.15) is 0 Å². The number of hydrogen-bond acceptors (Lipinski definition) is 12. The van der Waals surface area contributed by atoms with Crippen LogP contribution in [0.4, 0.5) is 0 Å². The number of rotatable bonds is 51. The Morgan fingerprint density at radius 3 is 1.33 bits per heavy atom. The number of cyclic esters (lactones) is 1. The monoisotopic (exact) mass is 1070 g/mol. The van der Waals surface area contributed by atoms with Gasteiger partial charge in [0.15, 0.2) is 6.10 Å². The van der Waals surface area contributed by atoms with E-state index in [4.69, 9.17) is 28.4 Å². The molecule has 1 N–H and O–H groups in total. The minimum atomic E-state index is -0.821. The topological polar surface area (TPSA) is 161 Å². The number of fused-ring (bicyclic) bond motifs is 1. The number of carbonyl (C=O) groups is 5. The van der Waals surface area contributed by atoms with Gasteiger partial charge >= 0.3 is 29.8 Å². The molecule has 0 bridgehead atoms. The first-order valence-corrected chi connectivity index (χ1v) is 30.9. The van der Waals surface area contributed by atoms with Gasteiger partial charge in [-0.1, -0.05) is 225 Å². The summed E-state index contributed by atoms with van der Waals surface area (Å²) in [4.78, 5) is 62.9. The van der Waals surface area contributed by atoms with Crippen LogP contribution in [-0.2, 0) is 55.9 Å². The zero-order valence-electron chi connectivity index (χ0n) is 48.9. The lowest BCUT2D eigenvalue weighted by molar-refractivity contribution is -0.167. The molecule has 0 fully saturated rings. The van der Waals surface area contributed by atoms with Crippen molar-refractivity contribution in [2.45, 2.75) is 304 Å². The van der Waals surface area contributed by atoms with Crippen LogP contribution in [0, 0.1) is 6.92 Å². The molecule has 0 saturated heterocycles. The standard InChI is InChI=1S/C64H108O12/c1-6-8-10-12-14-16-18-20-22-25-29-33-37-41-57(65)73-49-54(50-74-58(66)42-38-34-30-26-23-21-19-17-15-13-11-9-7-2)76-60(68)43-39-35-31-27-24-28-32-36-40-48-72-59(67)47-45-52(3)44-46-55-62(69)61-56(51-75-64(61)70)53(4)63(55)71-5/h44,54,69H,6-43,45-51H2,1-5H3/b52-44+. The number of benzene rings is 1. The molecule has 2 rings (SSSR count). The van der Waals surface area contributed by atoms with Crippen LogP contribution in [0.15, 0.2) is 11.6 Å². The first-order valence-electron chi connectivity index (χ1n) is 30.9. The Labute approximate surface area is 461 Å². The van der Waals surface area contributed by atoms with Crippen molar-refractivity contribution in [1.29, 1.82) is 0 Å². The average molecular weight is 1070 g/mol. The van der Waals surface area contributed by atoms with Crippen LogP contribution in [0.1, 0.15) is 305 Å². The van der Waals surface area contributed by atoms with Crippen molar-refractivity contribution >= 4 is 29.8 Å². The second-order valence-corrected chi connectivity index (χ2v) is 21.8. The summed E-state index contributed by atoms with van der Waals surface area (Å²) in [6.07, 6.45) is 44.1. The number of aromatic hydroxyl groups is 1. The lowest BCUT2D eigenvalue weighted by Crippen LogP contribution is -2.30. The van der Waals surface area contributed by atoms with Gasteiger partial charge in [-0.15, -0.1) is 0 Å². The minimum Gasteiger partial charge on any atom is -0.507 e. The Morgan fingerprint density at radius 1 is 0.526 bits per heavy atom. The van der Waals surface area contributed by atoms with Crippen molar-refractivity contribution in [1.82, 2.24) is 0 Å². The van der Waals surface area contributed by atoms with Crippen molar-refractivity contribution in [2.24, 2.45) is 0 Å². The fraction of sp³-hybridized carbons (Fsp3) is 0.797. The Balaban J connectivity index is 1.59. The quantitative estimate of drug-likeness (QED) is 0.0285. The summed E-state index contributed by atoms with van der Waals surface area (Å²) < 4.78 is 33.0. The molecule has 12 nitrogen and oxygen atoms in total. The van der Waals surface area contributed by atoms with Gasteiger partial charge in [0.05, 0.1) is 13.7 Å². The Morgan fingerprint density at radius 2 is 0.908 bits per heavy atom. The summed E-state index contributed by atoms with van der Waals surface area (Å²) >= 11 is 0. The predicted molar refractivity (Wildman–Crippen MR) is 305 cm³/mol. The van der Waals surface area contributed by atoms with E-state index < -0.39 is 12.1 Å². The molecular formula is C64H108O12. The van der Waals surface area contributed by atoms with E-state index in [9.17, 15) is 29.1 Å². The van der Waals surface area contributed by atoms with Gasteiger partial charge in [-0.3, -0.25) is 19.2 Å². The molecule has 0 saturated carbocycles. The molecule has 1 heterocycles. The van der Waals surface area contributed by atoms with Crippen LogP contribution in [0.5, 0.6) is 11.5 Å². The maximum atomic E-state index is 12.9. The van der Waals surface area contributed by atoms with Crippen molar-refractivity contribution < 1.29 is 57.5 Å². The molecule has 0 amide bonds. The fourth-order valence-electron chi connectivity index (χ4n) is 10.0. The number of esters is 5. The van der Waals surface area contributed by atoms with Gasteiger partial charge < -0.3 is 33.5 Å². The van der Waals surface area contributed by atoms with E-state index in [0.29, 0.717) is 55.6 Å². The number of methoxy groups -OCH3 is 1. The van der Waals surface area contributed by atoms with Gasteiger partial charge in [0, 0.05) is 36.8 Å². The molecule has 1 aliphatic rings. The average Bonchev–Trinajstić information content (AvgIpc) is 3.81. The molecule has 436 valence electrons. The maximum absolute atomic E-state index is 12.9. The molecule has 0 unspecified atom stereocenters. The second kappa shape index (κ2) is 45.9. The van der Waals surface area contributed by atoms with Crippen molar-refractivity contribution in [3.8, 4) is 11.5 Å². The molecule has 1 aromatic rings. The molecule has 1 aliphatic heterocycles. The zero-order chi connectivity index (χ0) is 55.3. The number of allylic oxidation sites excluding steroid dienone is 2. The van der Waals surface area contributed by atoms with E-state index in [2.05, 4.69) is 13.8 Å². The van der Waals surface area contributed by atoms with E-state index in [1.807, 2.05) is 19.9 Å². The molecular weight excluding hydrogens is 961 g/mol. The molecule has 0 aliphatic carbocycles. The Bertz CT molecular complexity index is 1710. The Hall–Kier alpha value is -4.09. The van der Waals surface area contributed by atoms with Gasteiger partial charge in [-0.25, -0.2) is 4.79 Å². The summed E-state index contributed by atoms with van der Waals surface area (Å²) in [5, 5.41) is 10.9. The maximum Gasteiger partial charge on any atom is 0.342 e. The van der Waals surface area contributed by atoms with Gasteiger partial charge in [0.1, 0.15) is 36.9 Å². The van der Waals surface area contributed by atoms with Gasteiger partial charge in [0.2, 0.25) is 0 Å². The molecule has 12 heteroatoms. The van der Waals surface area contributed by atoms with E-state index in [1.54, 1.807) is 7.11 Å². The van der Waals surface area contributed by atoms with Crippen molar-refractivity contribution in [2.75, 3.05) is 26.9 Å². The molecule has 0 radical (unpaired) electrons. The summed E-state index contributed by atoms with van der Waals surface area (Å²) in [5.74, 6) is -1.31. The smallest absolute Gasteiger partial charge is 0.342 e. The summed E-state index contributed by atoms with van der Waals surface area (Å²) in [6, 6.07) is 0. The molecule has 76 heavy (non-hydrogen) atoms. The SMILES string of the molecule is CCCCCCCCCCCCCCCC(=O)OCC(COC(=O)CCCCCCCCCCCCCCC)OC(=O)CCCCCCCCCCCOC(=O)CC/C(C)=C/Cc1c(O)c2c(c(C)c1OC)COC2=O. The number of phenolic OH excluding ortho intramolecular Hbond substituents is 1. The van der Waals surface area contributed by atoms with Crippen LogP contribution < -0.4 is 4.74 Å². The second-order valence-electron chi connectivity index (χ2n) is 21.8. The van der Waals surface area contributed by atoms with E-state index in [1.165, 1.54) is 128 Å². The molecule has 0 aromatic heterocycles. The van der Waals surface area contributed by atoms with Gasteiger partial charge in [0.25, 0.3) is 0 Å². The highest BCUT2D eigenvalue weighted by Crippen LogP contribution is 2.42. The molecule has 1 aromatic carbocycles. The van der Waals surface area contributed by atoms with Crippen molar-refractivity contribution in [3.63, 3.8) is 0 Å². The largest absolute Gasteiger partial charge is 0.507 e. The predicted octanol–water partition coefficient (Wildman–Crippen LogP) is 17.1. The normalized spacial score (nSPS) is 12.2. The first-order chi connectivity index (χ1) is 37.0. The molecule has 0 spiro atoms. The van der Waals surface area contributed by atoms with Crippen LogP contribution in [0.25, 0.3) is 0 Å². The lowest BCUT2D eigenvalue weighted by atomic mass is 9.94. The number of carbonyl (C=O) groups excluding carboxylic acids is 5. The van der Waals surface area contributed by atoms with Crippen LogP contribution in [0.2, 0.25) is 0 Å². The highest BCUT2D eigenvalue weighted by molar-refractivity contribution is 5.98. The third-order valence-electron chi connectivity index (χ3n) is 14.9. The van der Waals surface area contributed by atoms with Crippen LogP contribution >= 0.6 is 0 Å². The van der Waals surface area contributed by atoms with Crippen LogP contribution in [-0.4, -0.2) is 68.0 Å². The van der Waals surface area contributed by atoms with Crippen molar-refractivity contribution in [3.05, 3.63) is 33.9 Å². The zero-order valence-corrected chi connectivity index (χ0v) is 48.9. The third-order valence-corrected chi connectivity index (χ3v) is 14.9. The van der Waals surface area contributed by atoms with E-state index >= 15 is 0 Å². The number of hydrogen-bond donors (Lipinski definition) is 1. The van der Waals surface area contributed by atoms with Crippen LogP contribution in [0.3, 0.4) is 0 Å². The third kappa shape index (κ3) is 33.3. The van der Waals surface area contributed by atoms with E-state index in [-0.39, 0.29) is 67.9 Å². The Kier molecular flexibility index (Phi) is 41.1. The highest BCUT2D eigenvalue weighted by Gasteiger charge is 2.32. The summed E-state index contributed by atoms with van der Waals surface area (Å²) in [5.41, 5.74) is 3.15. The van der Waals surface area contributed by atoms with E-state index in [0.717, 1.165) is 101 Å². The number of phenols is 1.